The normalized spacial score (nSPS) is 20.6. The molecular weight excluding hydrogens is 208 g/mol. The summed E-state index contributed by atoms with van der Waals surface area (Å²) in [5.41, 5.74) is 0.0339. The van der Waals surface area contributed by atoms with Gasteiger partial charge in [0.25, 0.3) is 5.56 Å². The fraction of sp³-hybridized carbons (Fsp3) is 0.455. The van der Waals surface area contributed by atoms with Gasteiger partial charge >= 0.3 is 5.97 Å². The van der Waals surface area contributed by atoms with Crippen LogP contribution in [0.5, 0.6) is 0 Å². The number of aromatic carboxylic acids is 1. The molecule has 2 rings (SSSR count). The highest BCUT2D eigenvalue weighted by Gasteiger charge is 2.17. The van der Waals surface area contributed by atoms with Crippen LogP contribution >= 0.6 is 0 Å². The topological polar surface area (TPSA) is 82.2 Å². The lowest BCUT2D eigenvalue weighted by atomic mass is 10.0. The lowest BCUT2D eigenvalue weighted by Crippen LogP contribution is -2.29. The minimum Gasteiger partial charge on any atom is -0.477 e. The first kappa shape index (κ1) is 10.9. The van der Waals surface area contributed by atoms with E-state index in [-0.39, 0.29) is 11.6 Å². The van der Waals surface area contributed by atoms with Gasteiger partial charge in [0.2, 0.25) is 0 Å². The van der Waals surface area contributed by atoms with Crippen molar-refractivity contribution in [2.24, 2.45) is 0 Å². The third-order valence-electron chi connectivity index (χ3n) is 2.85. The Morgan fingerprint density at radius 3 is 2.75 bits per heavy atom. The molecule has 1 saturated heterocycles. The molecule has 0 bridgehead atoms. The van der Waals surface area contributed by atoms with Gasteiger partial charge in [-0.25, -0.2) is 4.79 Å². The van der Waals surface area contributed by atoms with Crippen LogP contribution in [0.15, 0.2) is 16.9 Å². The molecule has 2 heterocycles. The molecule has 0 spiro atoms. The molecule has 0 radical (unpaired) electrons. The molecule has 1 aliphatic rings. The Morgan fingerprint density at radius 1 is 1.38 bits per heavy atom. The van der Waals surface area contributed by atoms with Gasteiger partial charge in [-0.05, 0) is 31.5 Å². The third kappa shape index (κ3) is 2.14. The number of nitrogens with one attached hydrogen (secondary N) is 2. The predicted molar refractivity (Wildman–Crippen MR) is 58.6 cm³/mol. The van der Waals surface area contributed by atoms with Crippen molar-refractivity contribution in [1.29, 1.82) is 0 Å². The van der Waals surface area contributed by atoms with Crippen LogP contribution in [-0.4, -0.2) is 22.6 Å². The number of carboxylic acids is 1. The van der Waals surface area contributed by atoms with Gasteiger partial charge < -0.3 is 15.4 Å². The number of rotatable bonds is 2. The summed E-state index contributed by atoms with van der Waals surface area (Å²) in [6.07, 6.45) is 3.25. The van der Waals surface area contributed by atoms with Crippen molar-refractivity contribution in [3.63, 3.8) is 0 Å². The van der Waals surface area contributed by atoms with Crippen molar-refractivity contribution < 1.29 is 9.90 Å². The van der Waals surface area contributed by atoms with Gasteiger partial charge in [-0.1, -0.05) is 6.42 Å². The molecule has 1 aliphatic heterocycles. The van der Waals surface area contributed by atoms with E-state index in [4.69, 9.17) is 5.11 Å². The third-order valence-corrected chi connectivity index (χ3v) is 2.85. The fourth-order valence-corrected chi connectivity index (χ4v) is 1.98. The van der Waals surface area contributed by atoms with Gasteiger partial charge in [0.15, 0.2) is 0 Å². The highest BCUT2D eigenvalue weighted by atomic mass is 16.4. The summed E-state index contributed by atoms with van der Waals surface area (Å²) >= 11 is 0. The number of carbonyl (C=O) groups is 1. The SMILES string of the molecule is O=C(O)c1ccc(C2CCCCN2)[nH]c1=O. The van der Waals surface area contributed by atoms with E-state index in [0.717, 1.165) is 31.5 Å². The first-order valence-electron chi connectivity index (χ1n) is 5.38. The number of H-pyrrole nitrogens is 1. The van der Waals surface area contributed by atoms with Crippen LogP contribution < -0.4 is 10.9 Å². The Bertz CT molecular complexity index is 447. The Labute approximate surface area is 92.5 Å². The van der Waals surface area contributed by atoms with Gasteiger partial charge in [-0.15, -0.1) is 0 Å². The summed E-state index contributed by atoms with van der Waals surface area (Å²) in [4.78, 5) is 24.8. The van der Waals surface area contributed by atoms with Crippen molar-refractivity contribution in [1.82, 2.24) is 10.3 Å². The molecular formula is C11H14N2O3. The number of pyridine rings is 1. The molecule has 1 aromatic heterocycles. The first-order valence-corrected chi connectivity index (χ1v) is 5.38. The summed E-state index contributed by atoms with van der Waals surface area (Å²) in [7, 11) is 0. The smallest absolute Gasteiger partial charge is 0.341 e. The fourth-order valence-electron chi connectivity index (χ4n) is 1.98. The van der Waals surface area contributed by atoms with Crippen molar-refractivity contribution in [3.8, 4) is 0 Å². The van der Waals surface area contributed by atoms with Crippen LogP contribution in [0.3, 0.4) is 0 Å². The molecule has 3 N–H and O–H groups in total. The van der Waals surface area contributed by atoms with E-state index < -0.39 is 11.5 Å². The molecule has 0 aromatic carbocycles. The van der Waals surface area contributed by atoms with Gasteiger partial charge in [0.05, 0.1) is 0 Å². The monoisotopic (exact) mass is 222 g/mol. The van der Waals surface area contributed by atoms with Crippen molar-refractivity contribution in [3.05, 3.63) is 33.7 Å². The molecule has 5 heteroatoms. The Kier molecular flexibility index (Phi) is 3.05. The molecule has 16 heavy (non-hydrogen) atoms. The van der Waals surface area contributed by atoms with E-state index in [9.17, 15) is 9.59 Å². The lowest BCUT2D eigenvalue weighted by molar-refractivity contribution is 0.0695. The molecule has 5 nitrogen and oxygen atoms in total. The average Bonchev–Trinajstić information content (AvgIpc) is 2.29. The van der Waals surface area contributed by atoms with E-state index in [1.807, 2.05) is 0 Å². The van der Waals surface area contributed by atoms with Gasteiger partial charge in [0, 0.05) is 11.7 Å². The minimum atomic E-state index is -1.19. The van der Waals surface area contributed by atoms with E-state index in [1.54, 1.807) is 6.07 Å². The second-order valence-corrected chi connectivity index (χ2v) is 3.96. The minimum absolute atomic E-state index is 0.143. The maximum atomic E-state index is 11.5. The summed E-state index contributed by atoms with van der Waals surface area (Å²) in [5, 5.41) is 12.0. The molecule has 0 aliphatic carbocycles. The number of aromatic amines is 1. The predicted octanol–water partition coefficient (Wildman–Crippen LogP) is 0.888. The van der Waals surface area contributed by atoms with Crippen LogP contribution in [0.1, 0.15) is 41.4 Å². The van der Waals surface area contributed by atoms with Crippen LogP contribution in [0.4, 0.5) is 0 Å². The van der Waals surface area contributed by atoms with E-state index in [2.05, 4.69) is 10.3 Å². The van der Waals surface area contributed by atoms with Crippen molar-refractivity contribution >= 4 is 5.97 Å². The van der Waals surface area contributed by atoms with Crippen molar-refractivity contribution in [2.75, 3.05) is 6.54 Å². The zero-order valence-electron chi connectivity index (χ0n) is 8.82. The molecule has 1 atom stereocenters. The first-order chi connectivity index (χ1) is 7.68. The zero-order valence-corrected chi connectivity index (χ0v) is 8.82. The summed E-state index contributed by atoms with van der Waals surface area (Å²) in [6.45, 7) is 0.938. The van der Waals surface area contributed by atoms with Gasteiger partial charge in [-0.2, -0.15) is 0 Å². The standard InChI is InChI=1S/C11H14N2O3/c14-10-7(11(15)16)4-5-9(13-10)8-3-1-2-6-12-8/h4-5,8,12H,1-3,6H2,(H,13,14)(H,15,16). The van der Waals surface area contributed by atoms with Gasteiger partial charge in [0.1, 0.15) is 5.56 Å². The van der Waals surface area contributed by atoms with Gasteiger partial charge in [-0.3, -0.25) is 4.79 Å². The summed E-state index contributed by atoms with van der Waals surface area (Å²) in [6, 6.07) is 3.19. The number of hydrogen-bond donors (Lipinski definition) is 3. The Balaban J connectivity index is 2.26. The van der Waals surface area contributed by atoms with E-state index in [0.29, 0.717) is 0 Å². The zero-order chi connectivity index (χ0) is 11.5. The molecule has 1 unspecified atom stereocenters. The molecule has 86 valence electrons. The maximum Gasteiger partial charge on any atom is 0.341 e. The molecule has 0 amide bonds. The second-order valence-electron chi connectivity index (χ2n) is 3.96. The second kappa shape index (κ2) is 4.49. The Hall–Kier alpha value is -1.62. The summed E-state index contributed by atoms with van der Waals surface area (Å²) in [5.74, 6) is -1.19. The number of aromatic nitrogens is 1. The van der Waals surface area contributed by atoms with Crippen LogP contribution in [0.25, 0.3) is 0 Å². The molecule has 1 fully saturated rings. The van der Waals surface area contributed by atoms with Crippen LogP contribution in [0, 0.1) is 0 Å². The van der Waals surface area contributed by atoms with Crippen LogP contribution in [-0.2, 0) is 0 Å². The average molecular weight is 222 g/mol. The van der Waals surface area contributed by atoms with Crippen molar-refractivity contribution in [2.45, 2.75) is 25.3 Å². The number of hydrogen-bond acceptors (Lipinski definition) is 3. The number of piperidine rings is 1. The largest absolute Gasteiger partial charge is 0.477 e. The van der Waals surface area contributed by atoms with E-state index >= 15 is 0 Å². The highest BCUT2D eigenvalue weighted by molar-refractivity contribution is 5.86. The number of carboxylic acid groups (broad SMARTS) is 1. The van der Waals surface area contributed by atoms with Crippen LogP contribution in [0.2, 0.25) is 0 Å². The molecule has 1 aromatic rings. The Morgan fingerprint density at radius 2 is 2.19 bits per heavy atom. The highest BCUT2D eigenvalue weighted by Crippen LogP contribution is 2.20. The van der Waals surface area contributed by atoms with E-state index in [1.165, 1.54) is 6.07 Å². The maximum absolute atomic E-state index is 11.5. The molecule has 0 saturated carbocycles. The summed E-state index contributed by atoms with van der Waals surface area (Å²) < 4.78 is 0. The quantitative estimate of drug-likeness (QED) is 0.694. The lowest BCUT2D eigenvalue weighted by Gasteiger charge is -2.23.